The number of anilines is 1. The van der Waals surface area contributed by atoms with Crippen LogP contribution < -0.4 is 10.6 Å². The minimum absolute atomic E-state index is 0.178. The van der Waals surface area contributed by atoms with Crippen LogP contribution in [0.4, 0.5) is 5.69 Å². The minimum Gasteiger partial charge on any atom is -0.469 e. The number of ether oxygens (including phenoxy) is 1. The highest BCUT2D eigenvalue weighted by atomic mass is 16.5. The van der Waals surface area contributed by atoms with Crippen molar-refractivity contribution in [3.63, 3.8) is 0 Å². The number of piperidine rings is 1. The summed E-state index contributed by atoms with van der Waals surface area (Å²) in [5.41, 5.74) is 8.02. The third-order valence-corrected chi connectivity index (χ3v) is 3.92. The van der Waals surface area contributed by atoms with Crippen molar-refractivity contribution >= 4 is 11.7 Å². The van der Waals surface area contributed by atoms with Crippen LogP contribution in [0.2, 0.25) is 0 Å². The van der Waals surface area contributed by atoms with Crippen LogP contribution >= 0.6 is 0 Å². The number of hydrogen-bond acceptors (Lipinski definition) is 5. The lowest BCUT2D eigenvalue weighted by molar-refractivity contribution is -0.141. The van der Waals surface area contributed by atoms with Crippen LogP contribution in [0, 0.1) is 0 Å². The normalized spacial score (nSPS) is 20.6. The highest BCUT2D eigenvalue weighted by Gasteiger charge is 2.20. The minimum atomic E-state index is -0.366. The van der Waals surface area contributed by atoms with E-state index in [9.17, 15) is 4.79 Å². The third-order valence-electron chi connectivity index (χ3n) is 3.92. The van der Waals surface area contributed by atoms with Crippen molar-refractivity contribution in [1.82, 2.24) is 4.98 Å². The van der Waals surface area contributed by atoms with Gasteiger partial charge in [-0.1, -0.05) is 0 Å². The van der Waals surface area contributed by atoms with Gasteiger partial charge in [0, 0.05) is 24.8 Å². The van der Waals surface area contributed by atoms with E-state index in [1.165, 1.54) is 26.4 Å². The first kappa shape index (κ1) is 14.8. The Kier molecular flexibility index (Phi) is 4.95. The van der Waals surface area contributed by atoms with Crippen LogP contribution in [0.1, 0.15) is 44.2 Å². The topological polar surface area (TPSA) is 68.5 Å². The van der Waals surface area contributed by atoms with E-state index in [4.69, 9.17) is 5.73 Å². The molecule has 1 aliphatic heterocycles. The Bertz CT molecular complexity index is 464. The molecule has 0 radical (unpaired) electrons. The molecule has 0 spiro atoms. The van der Waals surface area contributed by atoms with Gasteiger partial charge in [-0.2, -0.15) is 0 Å². The fourth-order valence-corrected chi connectivity index (χ4v) is 2.67. The van der Waals surface area contributed by atoms with Crippen LogP contribution in [0.25, 0.3) is 0 Å². The molecule has 0 amide bonds. The number of nitrogens with zero attached hydrogens (tertiary/aromatic N) is 2. The molecule has 2 atom stereocenters. The van der Waals surface area contributed by atoms with Crippen molar-refractivity contribution in [2.45, 2.75) is 44.7 Å². The predicted octanol–water partition coefficient (Wildman–Crippen LogP) is 2.02. The van der Waals surface area contributed by atoms with Gasteiger partial charge in [-0.15, -0.1) is 0 Å². The van der Waals surface area contributed by atoms with Gasteiger partial charge in [0.2, 0.25) is 0 Å². The summed E-state index contributed by atoms with van der Waals surface area (Å²) in [7, 11) is 1.37. The molecule has 1 aromatic heterocycles. The number of carbonyl (C=O) groups is 1. The van der Waals surface area contributed by atoms with Gasteiger partial charge < -0.3 is 15.4 Å². The van der Waals surface area contributed by atoms with Gasteiger partial charge in [-0.05, 0) is 37.8 Å². The second-order valence-corrected chi connectivity index (χ2v) is 5.40. The Hall–Kier alpha value is -1.62. The van der Waals surface area contributed by atoms with Crippen LogP contribution in [-0.2, 0) is 9.53 Å². The molecule has 20 heavy (non-hydrogen) atoms. The third kappa shape index (κ3) is 3.48. The van der Waals surface area contributed by atoms with E-state index in [1.807, 2.05) is 12.3 Å². The summed E-state index contributed by atoms with van der Waals surface area (Å²) < 4.78 is 4.66. The fourth-order valence-electron chi connectivity index (χ4n) is 2.67. The quantitative estimate of drug-likeness (QED) is 0.853. The number of methoxy groups -OCH3 is 1. The van der Waals surface area contributed by atoms with Gasteiger partial charge in [-0.25, -0.2) is 0 Å². The lowest BCUT2D eigenvalue weighted by Gasteiger charge is -2.35. The number of rotatable bonds is 4. The van der Waals surface area contributed by atoms with Crippen molar-refractivity contribution < 1.29 is 9.53 Å². The number of aromatic nitrogens is 1. The van der Waals surface area contributed by atoms with Gasteiger partial charge >= 0.3 is 5.97 Å². The van der Waals surface area contributed by atoms with E-state index < -0.39 is 0 Å². The molecule has 2 rings (SSSR count). The Balaban J connectivity index is 2.12. The average molecular weight is 277 g/mol. The summed E-state index contributed by atoms with van der Waals surface area (Å²) in [4.78, 5) is 17.9. The summed E-state index contributed by atoms with van der Waals surface area (Å²) in [6.45, 7) is 3.29. The zero-order valence-electron chi connectivity index (χ0n) is 12.2. The first-order valence-corrected chi connectivity index (χ1v) is 7.16. The van der Waals surface area contributed by atoms with E-state index in [1.54, 1.807) is 6.20 Å². The van der Waals surface area contributed by atoms with Gasteiger partial charge in [0.1, 0.15) is 0 Å². The van der Waals surface area contributed by atoms with E-state index in [-0.39, 0.29) is 18.4 Å². The van der Waals surface area contributed by atoms with E-state index >= 15 is 0 Å². The zero-order chi connectivity index (χ0) is 14.5. The molecule has 2 N–H and O–H groups in total. The summed E-state index contributed by atoms with van der Waals surface area (Å²) in [6.07, 6.45) is 7.48. The molecule has 1 unspecified atom stereocenters. The van der Waals surface area contributed by atoms with Crippen LogP contribution in [0.3, 0.4) is 0 Å². The van der Waals surface area contributed by atoms with Crippen molar-refractivity contribution in [2.75, 3.05) is 18.6 Å². The molecule has 1 saturated heterocycles. The zero-order valence-corrected chi connectivity index (χ0v) is 12.2. The summed E-state index contributed by atoms with van der Waals surface area (Å²) in [5, 5.41) is 0. The predicted molar refractivity (Wildman–Crippen MR) is 78.5 cm³/mol. The van der Waals surface area contributed by atoms with Gasteiger partial charge in [0.05, 0.1) is 25.4 Å². The Morgan fingerprint density at radius 1 is 1.55 bits per heavy atom. The molecular formula is C15H23N3O2. The number of esters is 1. The molecule has 0 aliphatic carbocycles. The smallest absolute Gasteiger partial charge is 0.307 e. The van der Waals surface area contributed by atoms with E-state index in [0.717, 1.165) is 17.8 Å². The lowest BCUT2D eigenvalue weighted by Crippen LogP contribution is -2.37. The number of nitrogens with two attached hydrogens (primary N) is 1. The SMILES string of the molecule is COC(=O)CC(N)c1cncc(N2CCCC[C@@H]2C)c1. The fraction of sp³-hybridized carbons (Fsp3) is 0.600. The molecular weight excluding hydrogens is 254 g/mol. The summed E-state index contributed by atoms with van der Waals surface area (Å²) in [6, 6.07) is 2.20. The Labute approximate surface area is 120 Å². The monoisotopic (exact) mass is 277 g/mol. The Morgan fingerprint density at radius 3 is 3.05 bits per heavy atom. The molecule has 1 aromatic rings. The van der Waals surface area contributed by atoms with Crippen LogP contribution in [0.5, 0.6) is 0 Å². The highest BCUT2D eigenvalue weighted by Crippen LogP contribution is 2.26. The number of hydrogen-bond donors (Lipinski definition) is 1. The van der Waals surface area contributed by atoms with Gasteiger partial charge in [0.15, 0.2) is 0 Å². The second kappa shape index (κ2) is 6.70. The maximum absolute atomic E-state index is 11.3. The van der Waals surface area contributed by atoms with Crippen molar-refractivity contribution in [3.05, 3.63) is 24.0 Å². The van der Waals surface area contributed by atoms with Gasteiger partial charge in [0.25, 0.3) is 0 Å². The maximum Gasteiger partial charge on any atom is 0.307 e. The molecule has 0 saturated carbocycles. The average Bonchev–Trinajstić information content (AvgIpc) is 2.47. The summed E-state index contributed by atoms with van der Waals surface area (Å²) >= 11 is 0. The standard InChI is InChI=1S/C15H23N3O2/c1-11-5-3-4-6-18(11)13-7-12(9-17-10-13)14(16)8-15(19)20-2/h7,9-11,14H,3-6,8,16H2,1-2H3/t11-,14?/m0/s1. The van der Waals surface area contributed by atoms with Crippen LogP contribution in [0.15, 0.2) is 18.5 Å². The molecule has 2 heterocycles. The molecule has 0 aromatic carbocycles. The van der Waals surface area contributed by atoms with E-state index in [2.05, 4.69) is 21.5 Å². The first-order chi connectivity index (χ1) is 9.61. The lowest BCUT2D eigenvalue weighted by atomic mass is 10.0. The van der Waals surface area contributed by atoms with Crippen molar-refractivity contribution in [3.8, 4) is 0 Å². The highest BCUT2D eigenvalue weighted by molar-refractivity contribution is 5.70. The van der Waals surface area contributed by atoms with E-state index in [0.29, 0.717) is 6.04 Å². The van der Waals surface area contributed by atoms with Crippen molar-refractivity contribution in [1.29, 1.82) is 0 Å². The largest absolute Gasteiger partial charge is 0.469 e. The van der Waals surface area contributed by atoms with Crippen LogP contribution in [-0.4, -0.2) is 30.6 Å². The number of pyridine rings is 1. The second-order valence-electron chi connectivity index (χ2n) is 5.40. The maximum atomic E-state index is 11.3. The molecule has 110 valence electrons. The Morgan fingerprint density at radius 2 is 2.35 bits per heavy atom. The molecule has 0 bridgehead atoms. The molecule has 5 heteroatoms. The first-order valence-electron chi connectivity index (χ1n) is 7.16. The number of carbonyl (C=O) groups excluding carboxylic acids is 1. The van der Waals surface area contributed by atoms with Crippen molar-refractivity contribution in [2.24, 2.45) is 5.73 Å². The van der Waals surface area contributed by atoms with Gasteiger partial charge in [-0.3, -0.25) is 9.78 Å². The summed E-state index contributed by atoms with van der Waals surface area (Å²) in [5.74, 6) is -0.297. The molecule has 1 aliphatic rings. The molecule has 5 nitrogen and oxygen atoms in total. The molecule has 1 fully saturated rings.